The van der Waals surface area contributed by atoms with Gasteiger partial charge in [-0.25, -0.2) is 9.18 Å². The molecule has 3 rings (SSSR count). The highest BCUT2D eigenvalue weighted by Gasteiger charge is 2.13. The van der Waals surface area contributed by atoms with E-state index in [-0.39, 0.29) is 18.0 Å². The lowest BCUT2D eigenvalue weighted by Crippen LogP contribution is -2.02. The molecule has 0 heterocycles. The van der Waals surface area contributed by atoms with E-state index in [4.69, 9.17) is 14.6 Å². The van der Waals surface area contributed by atoms with E-state index in [1.807, 2.05) is 6.07 Å². The number of aromatic carboxylic acids is 1. The van der Waals surface area contributed by atoms with Crippen LogP contribution in [-0.4, -0.2) is 18.2 Å². The Kier molecular flexibility index (Phi) is 7.26. The van der Waals surface area contributed by atoms with Crippen molar-refractivity contribution >= 4 is 40.2 Å². The third kappa shape index (κ3) is 5.41. The van der Waals surface area contributed by atoms with Gasteiger partial charge in [0.1, 0.15) is 12.4 Å². The second-order valence-electron chi connectivity index (χ2n) is 6.47. The average molecular weight is 529 g/mol. The summed E-state index contributed by atoms with van der Waals surface area (Å²) in [7, 11) is 1.50. The van der Waals surface area contributed by atoms with Crippen LogP contribution >= 0.6 is 22.6 Å². The summed E-state index contributed by atoms with van der Waals surface area (Å²) in [6.45, 7) is 0.0492. The number of allylic oxidation sites excluding steroid dienone is 1. The van der Waals surface area contributed by atoms with Crippen molar-refractivity contribution in [2.45, 2.75) is 6.61 Å². The molecule has 1 N–H and O–H groups in total. The molecule has 0 radical (unpaired) electrons. The van der Waals surface area contributed by atoms with Crippen LogP contribution in [0.1, 0.15) is 27.0 Å². The molecule has 3 aromatic carbocycles. The van der Waals surface area contributed by atoms with Crippen molar-refractivity contribution in [2.75, 3.05) is 7.11 Å². The summed E-state index contributed by atoms with van der Waals surface area (Å²) < 4.78 is 25.9. The van der Waals surface area contributed by atoms with Gasteiger partial charge in [-0.15, -0.1) is 0 Å². The Bertz CT molecular complexity index is 1180. The Morgan fingerprint density at radius 2 is 1.84 bits per heavy atom. The smallest absolute Gasteiger partial charge is 0.335 e. The van der Waals surface area contributed by atoms with Crippen LogP contribution in [-0.2, 0) is 6.61 Å². The molecular formula is C24H17FINO4. The normalized spacial score (nSPS) is 11.0. The molecule has 0 aliphatic carbocycles. The van der Waals surface area contributed by atoms with Crippen molar-refractivity contribution in [1.29, 1.82) is 5.26 Å². The number of nitrogens with zero attached hydrogens (tertiary/aromatic N) is 1. The summed E-state index contributed by atoms with van der Waals surface area (Å²) in [6, 6.07) is 18.2. The molecule has 0 saturated carbocycles. The number of carboxylic acid groups (broad SMARTS) is 1. The number of carboxylic acids is 1. The number of carbonyl (C=O) groups is 1. The fourth-order valence-corrected chi connectivity index (χ4v) is 3.65. The van der Waals surface area contributed by atoms with Crippen LogP contribution in [0.25, 0.3) is 11.6 Å². The van der Waals surface area contributed by atoms with Crippen molar-refractivity contribution in [3.8, 4) is 17.6 Å². The number of hydrogen-bond acceptors (Lipinski definition) is 4. The molecule has 0 spiro atoms. The molecule has 0 aliphatic rings. The molecule has 0 amide bonds. The maximum Gasteiger partial charge on any atom is 0.335 e. The summed E-state index contributed by atoms with van der Waals surface area (Å²) in [4.78, 5) is 11.0. The lowest BCUT2D eigenvalue weighted by molar-refractivity contribution is 0.0697. The van der Waals surface area contributed by atoms with Gasteiger partial charge in [-0.3, -0.25) is 0 Å². The quantitative estimate of drug-likeness (QED) is 0.239. The molecule has 0 unspecified atom stereocenters. The summed E-state index contributed by atoms with van der Waals surface area (Å²) >= 11 is 2.10. The van der Waals surface area contributed by atoms with Gasteiger partial charge in [-0.2, -0.15) is 5.26 Å². The van der Waals surface area contributed by atoms with Gasteiger partial charge >= 0.3 is 5.97 Å². The molecule has 7 heteroatoms. The van der Waals surface area contributed by atoms with Crippen LogP contribution in [0.4, 0.5) is 4.39 Å². The molecule has 0 fully saturated rings. The van der Waals surface area contributed by atoms with Crippen molar-refractivity contribution in [3.05, 3.63) is 92.3 Å². The maximum atomic E-state index is 13.9. The second-order valence-corrected chi connectivity index (χ2v) is 7.63. The summed E-state index contributed by atoms with van der Waals surface area (Å²) in [5.74, 6) is -0.441. The van der Waals surface area contributed by atoms with Crippen molar-refractivity contribution in [2.24, 2.45) is 0 Å². The van der Waals surface area contributed by atoms with E-state index in [2.05, 4.69) is 28.7 Å². The fraction of sp³-hybridized carbons (Fsp3) is 0.0833. The third-order valence-electron chi connectivity index (χ3n) is 4.46. The minimum Gasteiger partial charge on any atom is -0.493 e. The molecule has 0 saturated heterocycles. The molecule has 0 bridgehead atoms. The zero-order valence-electron chi connectivity index (χ0n) is 16.4. The SMILES string of the molecule is COc1cc(/C=C(/C#N)c2ccc(C(=O)O)cc2)cc(I)c1OCc1ccccc1F. The van der Waals surface area contributed by atoms with Gasteiger partial charge in [0.05, 0.1) is 27.9 Å². The molecule has 0 aromatic heterocycles. The first-order valence-electron chi connectivity index (χ1n) is 9.12. The van der Waals surface area contributed by atoms with Crippen LogP contribution < -0.4 is 9.47 Å². The lowest BCUT2D eigenvalue weighted by Gasteiger charge is -2.14. The maximum absolute atomic E-state index is 13.9. The Hall–Kier alpha value is -3.38. The highest BCUT2D eigenvalue weighted by atomic mass is 127. The van der Waals surface area contributed by atoms with E-state index >= 15 is 0 Å². The van der Waals surface area contributed by atoms with E-state index in [9.17, 15) is 14.4 Å². The van der Waals surface area contributed by atoms with Gasteiger partial charge in [0, 0.05) is 5.56 Å². The predicted octanol–water partition coefficient (Wildman–Crippen LogP) is 5.78. The number of rotatable bonds is 7. The lowest BCUT2D eigenvalue weighted by atomic mass is 10.0. The van der Waals surface area contributed by atoms with E-state index in [1.54, 1.807) is 42.5 Å². The largest absolute Gasteiger partial charge is 0.493 e. The second kappa shape index (κ2) is 10.1. The highest BCUT2D eigenvalue weighted by Crippen LogP contribution is 2.35. The number of halogens is 2. The summed E-state index contributed by atoms with van der Waals surface area (Å²) in [6.07, 6.45) is 1.68. The van der Waals surface area contributed by atoms with Crippen LogP contribution in [0, 0.1) is 20.7 Å². The van der Waals surface area contributed by atoms with E-state index in [0.717, 1.165) is 3.57 Å². The standard InChI is InChI=1S/C24H17FINO4/c1-30-22-12-15(10-19(13-27)16-6-8-17(9-7-16)24(28)29)11-21(26)23(22)31-14-18-4-2-3-5-20(18)25/h2-12H,14H2,1H3,(H,28,29)/b19-10-. The van der Waals surface area contributed by atoms with E-state index < -0.39 is 5.97 Å². The Morgan fingerprint density at radius 1 is 1.16 bits per heavy atom. The number of methoxy groups -OCH3 is 1. The van der Waals surface area contributed by atoms with Gasteiger partial charge in [0.25, 0.3) is 0 Å². The number of ether oxygens (including phenoxy) is 2. The Morgan fingerprint density at radius 3 is 2.45 bits per heavy atom. The molecule has 0 atom stereocenters. The molecule has 156 valence electrons. The summed E-state index contributed by atoms with van der Waals surface area (Å²) in [5.41, 5.74) is 2.25. The Labute approximate surface area is 192 Å². The van der Waals surface area contributed by atoms with Crippen molar-refractivity contribution < 1.29 is 23.8 Å². The van der Waals surface area contributed by atoms with Crippen molar-refractivity contribution in [3.63, 3.8) is 0 Å². The minimum atomic E-state index is -1.03. The molecule has 31 heavy (non-hydrogen) atoms. The highest BCUT2D eigenvalue weighted by molar-refractivity contribution is 14.1. The van der Waals surface area contributed by atoms with Gasteiger partial charge in [-0.1, -0.05) is 30.3 Å². The van der Waals surface area contributed by atoms with Crippen LogP contribution in [0.3, 0.4) is 0 Å². The first-order valence-corrected chi connectivity index (χ1v) is 10.2. The monoisotopic (exact) mass is 529 g/mol. The van der Waals surface area contributed by atoms with Gasteiger partial charge < -0.3 is 14.6 Å². The van der Waals surface area contributed by atoms with Gasteiger partial charge in [-0.05, 0) is 70.1 Å². The summed E-state index contributed by atoms with van der Waals surface area (Å²) in [5, 5.41) is 18.6. The van der Waals surface area contributed by atoms with Crippen LogP contribution in [0.2, 0.25) is 0 Å². The first kappa shape index (κ1) is 22.3. The zero-order valence-corrected chi connectivity index (χ0v) is 18.6. The van der Waals surface area contributed by atoms with Crippen molar-refractivity contribution in [1.82, 2.24) is 0 Å². The van der Waals surface area contributed by atoms with E-state index in [0.29, 0.717) is 33.8 Å². The Balaban J connectivity index is 1.89. The van der Waals surface area contributed by atoms with E-state index in [1.165, 1.54) is 25.3 Å². The third-order valence-corrected chi connectivity index (χ3v) is 5.26. The topological polar surface area (TPSA) is 79.5 Å². The zero-order chi connectivity index (χ0) is 22.4. The molecule has 5 nitrogen and oxygen atoms in total. The fourth-order valence-electron chi connectivity index (χ4n) is 2.87. The predicted molar refractivity (Wildman–Crippen MR) is 123 cm³/mol. The molecule has 0 aliphatic heterocycles. The van der Waals surface area contributed by atoms with Crippen LogP contribution in [0.15, 0.2) is 60.7 Å². The minimum absolute atomic E-state index is 0.0492. The van der Waals surface area contributed by atoms with Crippen LogP contribution in [0.5, 0.6) is 11.5 Å². The number of benzene rings is 3. The first-order chi connectivity index (χ1) is 14.9. The number of nitriles is 1. The average Bonchev–Trinajstić information content (AvgIpc) is 2.77. The van der Waals surface area contributed by atoms with Gasteiger partial charge in [0.2, 0.25) is 0 Å². The number of hydrogen-bond donors (Lipinski definition) is 1. The molecular weight excluding hydrogens is 512 g/mol. The van der Waals surface area contributed by atoms with Gasteiger partial charge in [0.15, 0.2) is 11.5 Å². The molecule has 3 aromatic rings.